The number of aromatic amines is 1. The van der Waals surface area contributed by atoms with Gasteiger partial charge in [-0.15, -0.1) is 0 Å². The molecule has 3 saturated heterocycles. The molecule has 0 radical (unpaired) electrons. The number of ether oxygens (including phenoxy) is 2. The number of carbonyl (C=O) groups excluding carboxylic acids is 2. The number of unbranched alkanes of at least 4 members (excludes halogenated alkanes) is 2. The van der Waals surface area contributed by atoms with Crippen molar-refractivity contribution in [1.82, 2.24) is 20.5 Å². The number of aromatic hydroxyl groups is 1. The quantitative estimate of drug-likeness (QED) is 0.0943. The fourth-order valence-corrected chi connectivity index (χ4v) is 6.86. The van der Waals surface area contributed by atoms with Gasteiger partial charge in [0.15, 0.2) is 0 Å². The van der Waals surface area contributed by atoms with Crippen molar-refractivity contribution in [2.24, 2.45) is 5.92 Å². The lowest BCUT2D eigenvalue weighted by Crippen LogP contribution is -2.52. The molecule has 11 nitrogen and oxygen atoms in total. The Morgan fingerprint density at radius 2 is 1.73 bits per heavy atom. The highest BCUT2D eigenvalue weighted by molar-refractivity contribution is 5.89. The standard InChI is InChI=1S/C38H44N4O7/c43-31-14-12-29(30-13-15-34(45)40-36(30)31)32(44)23-39-18-5-2-6-21-48-37(46)28-11-7-10-27(22-28)35(26-8-3-1-4-9-26)41-38(47)49-33-24-42-19-16-25(33)17-20-42/h1,3-4,7-15,22,25,32-33,35,39,43-44H,2,5-6,16-21,23-24H2,(H,40,45)(H,41,47)/t32-,33+,35?/m0/s1. The summed E-state index contributed by atoms with van der Waals surface area (Å²) in [6, 6.07) is 22.4. The van der Waals surface area contributed by atoms with E-state index in [2.05, 4.69) is 20.5 Å². The van der Waals surface area contributed by atoms with Crippen LogP contribution in [0.2, 0.25) is 0 Å². The van der Waals surface area contributed by atoms with Gasteiger partial charge in [-0.05, 0) is 98.6 Å². The van der Waals surface area contributed by atoms with Crippen molar-refractivity contribution in [2.45, 2.75) is 50.4 Å². The molecular formula is C38H44N4O7. The van der Waals surface area contributed by atoms with Gasteiger partial charge in [-0.3, -0.25) is 9.69 Å². The molecule has 3 fully saturated rings. The first kappa shape index (κ1) is 34.2. The van der Waals surface area contributed by atoms with Gasteiger partial charge in [0.2, 0.25) is 5.56 Å². The zero-order valence-electron chi connectivity index (χ0n) is 27.5. The number of carbonyl (C=O) groups is 2. The zero-order valence-corrected chi connectivity index (χ0v) is 27.5. The second-order valence-electron chi connectivity index (χ2n) is 12.9. The lowest BCUT2D eigenvalue weighted by Gasteiger charge is -2.43. The van der Waals surface area contributed by atoms with Crippen LogP contribution in [0.4, 0.5) is 4.79 Å². The number of aliphatic hydroxyl groups is 1. The first-order valence-electron chi connectivity index (χ1n) is 17.1. The summed E-state index contributed by atoms with van der Waals surface area (Å²) in [7, 11) is 0. The van der Waals surface area contributed by atoms with Crippen molar-refractivity contribution in [3.63, 3.8) is 0 Å². The molecule has 4 heterocycles. The van der Waals surface area contributed by atoms with Gasteiger partial charge in [-0.2, -0.15) is 0 Å². The molecule has 4 aromatic rings. The van der Waals surface area contributed by atoms with Crippen molar-refractivity contribution in [2.75, 3.05) is 39.3 Å². The molecule has 3 aliphatic heterocycles. The van der Waals surface area contributed by atoms with Crippen LogP contribution in [-0.4, -0.2) is 77.6 Å². The Bertz CT molecular complexity index is 1790. The maximum Gasteiger partial charge on any atom is 0.408 e. The summed E-state index contributed by atoms with van der Waals surface area (Å²) in [5.74, 6) is -0.0667. The number of amides is 1. The van der Waals surface area contributed by atoms with Crippen LogP contribution in [0.5, 0.6) is 5.75 Å². The molecule has 1 amide bonds. The summed E-state index contributed by atoms with van der Waals surface area (Å²) >= 11 is 0. The van der Waals surface area contributed by atoms with Gasteiger partial charge in [0.25, 0.3) is 0 Å². The van der Waals surface area contributed by atoms with E-state index in [0.717, 1.165) is 56.4 Å². The summed E-state index contributed by atoms with van der Waals surface area (Å²) in [6.45, 7) is 4.15. The molecule has 1 unspecified atom stereocenters. The largest absolute Gasteiger partial charge is 0.506 e. The highest BCUT2D eigenvalue weighted by Crippen LogP contribution is 2.31. The number of rotatable bonds is 14. The number of pyridine rings is 1. The number of benzene rings is 3. The summed E-state index contributed by atoms with van der Waals surface area (Å²) in [6.07, 6.45) is 3.04. The zero-order chi connectivity index (χ0) is 34.2. The molecule has 0 saturated carbocycles. The molecule has 258 valence electrons. The van der Waals surface area contributed by atoms with Crippen LogP contribution < -0.4 is 16.2 Å². The molecule has 11 heteroatoms. The predicted octanol–water partition coefficient (Wildman–Crippen LogP) is 4.79. The van der Waals surface area contributed by atoms with Crippen molar-refractivity contribution < 1.29 is 29.3 Å². The monoisotopic (exact) mass is 668 g/mol. The molecule has 1 aromatic heterocycles. The van der Waals surface area contributed by atoms with Crippen molar-refractivity contribution in [3.05, 3.63) is 111 Å². The lowest BCUT2D eigenvalue weighted by molar-refractivity contribution is -0.0336. The number of aliphatic hydroxyl groups excluding tert-OH is 1. The Kier molecular flexibility index (Phi) is 11.2. The van der Waals surface area contributed by atoms with E-state index in [-0.39, 0.29) is 24.0 Å². The van der Waals surface area contributed by atoms with E-state index in [4.69, 9.17) is 9.47 Å². The maximum atomic E-state index is 13.1. The molecule has 3 atom stereocenters. The third kappa shape index (κ3) is 8.66. The minimum atomic E-state index is -0.821. The second kappa shape index (κ2) is 16.1. The van der Waals surface area contributed by atoms with Gasteiger partial charge in [0, 0.05) is 24.5 Å². The molecule has 49 heavy (non-hydrogen) atoms. The highest BCUT2D eigenvalue weighted by atomic mass is 16.6. The SMILES string of the molecule is O=C(NC(c1ccccc1)c1cccc(C(=O)OCCCCCNC[C@H](O)c2ccc(O)c3[nH]c(=O)ccc23)c1)O[C@@H]1CN2CCC1CC2. The van der Waals surface area contributed by atoms with Crippen molar-refractivity contribution in [3.8, 4) is 5.75 Å². The van der Waals surface area contributed by atoms with E-state index in [1.807, 2.05) is 36.4 Å². The van der Waals surface area contributed by atoms with Crippen LogP contribution in [0, 0.1) is 5.92 Å². The number of nitrogens with zero attached hydrogens (tertiary/aromatic N) is 1. The summed E-state index contributed by atoms with van der Waals surface area (Å²) in [5.41, 5.74) is 2.64. The number of alkyl carbamates (subject to hydrolysis) is 1. The first-order chi connectivity index (χ1) is 23.9. The first-order valence-corrected chi connectivity index (χ1v) is 17.1. The average molecular weight is 669 g/mol. The normalized spacial score (nSPS) is 19.7. The predicted molar refractivity (Wildman–Crippen MR) is 185 cm³/mol. The summed E-state index contributed by atoms with van der Waals surface area (Å²) in [5, 5.41) is 27.7. The molecular weight excluding hydrogens is 624 g/mol. The number of H-pyrrole nitrogens is 1. The number of esters is 1. The average Bonchev–Trinajstić information content (AvgIpc) is 3.13. The van der Waals surface area contributed by atoms with Gasteiger partial charge < -0.3 is 35.3 Å². The Morgan fingerprint density at radius 3 is 2.51 bits per heavy atom. The summed E-state index contributed by atoms with van der Waals surface area (Å²) in [4.78, 5) is 42.7. The topological polar surface area (TPSA) is 153 Å². The molecule has 5 N–H and O–H groups in total. The second-order valence-corrected chi connectivity index (χ2v) is 12.9. The Labute approximate surface area is 285 Å². The molecule has 3 aliphatic rings. The highest BCUT2D eigenvalue weighted by Gasteiger charge is 2.37. The number of nitrogens with one attached hydrogen (secondary N) is 3. The van der Waals surface area contributed by atoms with Crippen LogP contribution >= 0.6 is 0 Å². The van der Waals surface area contributed by atoms with E-state index in [9.17, 15) is 24.6 Å². The fraction of sp³-hybridized carbons (Fsp3) is 0.395. The van der Waals surface area contributed by atoms with Crippen molar-refractivity contribution in [1.29, 1.82) is 0 Å². The third-order valence-corrected chi connectivity index (χ3v) is 9.54. The number of hydrogen-bond acceptors (Lipinski definition) is 9. The molecule has 0 aliphatic carbocycles. The van der Waals surface area contributed by atoms with Crippen LogP contribution in [0.15, 0.2) is 83.7 Å². The van der Waals surface area contributed by atoms with Crippen LogP contribution in [0.3, 0.4) is 0 Å². The van der Waals surface area contributed by atoms with Crippen LogP contribution in [0.1, 0.15) is 71.3 Å². The number of hydrogen-bond donors (Lipinski definition) is 5. The fourth-order valence-electron chi connectivity index (χ4n) is 6.86. The smallest absolute Gasteiger partial charge is 0.408 e. The molecule has 2 bridgehead atoms. The van der Waals surface area contributed by atoms with Gasteiger partial charge in [0.1, 0.15) is 11.9 Å². The van der Waals surface area contributed by atoms with E-state index in [1.165, 1.54) is 12.1 Å². The summed E-state index contributed by atoms with van der Waals surface area (Å²) < 4.78 is 11.5. The Hall–Kier alpha value is -4.71. The lowest BCUT2D eigenvalue weighted by atomic mass is 9.86. The van der Waals surface area contributed by atoms with Crippen LogP contribution in [-0.2, 0) is 9.47 Å². The van der Waals surface area contributed by atoms with E-state index in [1.54, 1.807) is 30.3 Å². The van der Waals surface area contributed by atoms with E-state index in [0.29, 0.717) is 47.5 Å². The molecule has 0 spiro atoms. The third-order valence-electron chi connectivity index (χ3n) is 9.54. The van der Waals surface area contributed by atoms with Gasteiger partial charge in [-0.25, -0.2) is 9.59 Å². The minimum Gasteiger partial charge on any atom is -0.506 e. The van der Waals surface area contributed by atoms with E-state index < -0.39 is 24.2 Å². The number of phenolic OH excluding ortho intramolecular Hbond substituents is 1. The number of phenols is 1. The Balaban J connectivity index is 0.952. The van der Waals surface area contributed by atoms with E-state index >= 15 is 0 Å². The van der Waals surface area contributed by atoms with Crippen molar-refractivity contribution >= 4 is 23.0 Å². The number of fused-ring (bicyclic) bond motifs is 4. The Morgan fingerprint density at radius 1 is 0.939 bits per heavy atom. The minimum absolute atomic E-state index is 0.0462. The van der Waals surface area contributed by atoms with Crippen LogP contribution in [0.25, 0.3) is 10.9 Å². The number of aromatic nitrogens is 1. The van der Waals surface area contributed by atoms with Gasteiger partial charge >= 0.3 is 12.1 Å². The maximum absolute atomic E-state index is 13.1. The molecule has 7 rings (SSSR count). The van der Waals surface area contributed by atoms with Gasteiger partial charge in [0.05, 0.1) is 29.8 Å². The number of piperidine rings is 3. The van der Waals surface area contributed by atoms with Gasteiger partial charge in [-0.1, -0.05) is 48.5 Å². The molecule has 3 aromatic carbocycles.